The van der Waals surface area contributed by atoms with Gasteiger partial charge in [-0.05, 0) is 22.4 Å². The second kappa shape index (κ2) is 4.50. The Morgan fingerprint density at radius 3 is 2.50 bits per heavy atom. The second-order valence-corrected chi connectivity index (χ2v) is 4.15. The third-order valence-corrected chi connectivity index (χ3v) is 2.98. The van der Waals surface area contributed by atoms with Crippen molar-refractivity contribution >= 4 is 10.8 Å². The monoisotopic (exact) mass is 212 g/mol. The van der Waals surface area contributed by atoms with Crippen molar-refractivity contribution in [3.05, 3.63) is 60.7 Å². The van der Waals surface area contributed by atoms with E-state index in [4.69, 9.17) is 0 Å². The fourth-order valence-corrected chi connectivity index (χ4v) is 1.82. The van der Waals surface area contributed by atoms with Gasteiger partial charge in [0.05, 0.1) is 6.10 Å². The lowest BCUT2D eigenvalue weighted by Crippen LogP contribution is -2.06. The Morgan fingerprint density at radius 1 is 1.12 bits per heavy atom. The van der Waals surface area contributed by atoms with Gasteiger partial charge in [0.25, 0.3) is 0 Å². The molecule has 0 aliphatic heterocycles. The van der Waals surface area contributed by atoms with Crippen LogP contribution in [0.1, 0.15) is 18.6 Å². The van der Waals surface area contributed by atoms with Crippen LogP contribution in [-0.2, 0) is 0 Å². The van der Waals surface area contributed by atoms with Crippen molar-refractivity contribution < 1.29 is 5.11 Å². The molecule has 2 aromatic rings. The van der Waals surface area contributed by atoms with Crippen molar-refractivity contribution in [3.63, 3.8) is 0 Å². The van der Waals surface area contributed by atoms with Crippen LogP contribution in [0.25, 0.3) is 10.8 Å². The number of hydrogen-bond donors (Lipinski definition) is 1. The number of fused-ring (bicyclic) bond motifs is 1. The Morgan fingerprint density at radius 2 is 1.81 bits per heavy atom. The third-order valence-electron chi connectivity index (χ3n) is 2.98. The quantitative estimate of drug-likeness (QED) is 0.769. The molecule has 0 unspecified atom stereocenters. The number of aliphatic hydroxyl groups is 1. The molecule has 1 N–H and O–H groups in total. The lowest BCUT2D eigenvalue weighted by atomic mass is 9.95. The zero-order valence-corrected chi connectivity index (χ0v) is 9.43. The van der Waals surface area contributed by atoms with Crippen LogP contribution in [0.15, 0.2) is 55.1 Å². The average Bonchev–Trinajstić information content (AvgIpc) is 2.36. The molecule has 16 heavy (non-hydrogen) atoms. The first-order chi connectivity index (χ1) is 7.72. The van der Waals surface area contributed by atoms with Crippen molar-refractivity contribution in [2.45, 2.75) is 13.0 Å². The van der Waals surface area contributed by atoms with Gasteiger partial charge in [-0.1, -0.05) is 49.4 Å². The van der Waals surface area contributed by atoms with Gasteiger partial charge in [-0.2, -0.15) is 0 Å². The van der Waals surface area contributed by atoms with Crippen LogP contribution in [0.4, 0.5) is 0 Å². The zero-order chi connectivity index (χ0) is 11.5. The summed E-state index contributed by atoms with van der Waals surface area (Å²) < 4.78 is 0. The molecule has 0 amide bonds. The molecular formula is C15H16O. The predicted octanol–water partition coefficient (Wildman–Crippen LogP) is 3.70. The van der Waals surface area contributed by atoms with Gasteiger partial charge in [0.2, 0.25) is 0 Å². The third kappa shape index (κ3) is 2.00. The largest absolute Gasteiger partial charge is 0.388 e. The van der Waals surface area contributed by atoms with Gasteiger partial charge in [-0.15, -0.1) is 6.58 Å². The van der Waals surface area contributed by atoms with E-state index in [9.17, 15) is 5.11 Å². The van der Waals surface area contributed by atoms with Crippen LogP contribution in [0.2, 0.25) is 0 Å². The van der Waals surface area contributed by atoms with E-state index in [2.05, 4.69) is 18.7 Å². The Hall–Kier alpha value is -1.60. The summed E-state index contributed by atoms with van der Waals surface area (Å²) in [5.41, 5.74) is 0.950. The molecule has 2 atom stereocenters. The summed E-state index contributed by atoms with van der Waals surface area (Å²) in [5, 5.41) is 12.4. The number of benzene rings is 2. The molecule has 2 aromatic carbocycles. The minimum absolute atomic E-state index is 0.0705. The summed E-state index contributed by atoms with van der Waals surface area (Å²) in [4.78, 5) is 0. The summed E-state index contributed by atoms with van der Waals surface area (Å²) in [6, 6.07) is 14.2. The first kappa shape index (κ1) is 10.9. The highest BCUT2D eigenvalue weighted by atomic mass is 16.3. The molecule has 0 fully saturated rings. The van der Waals surface area contributed by atoms with Gasteiger partial charge in [-0.25, -0.2) is 0 Å². The minimum Gasteiger partial charge on any atom is -0.388 e. The van der Waals surface area contributed by atoms with Crippen molar-refractivity contribution in [1.82, 2.24) is 0 Å². The molecule has 0 saturated carbocycles. The first-order valence-corrected chi connectivity index (χ1v) is 5.51. The Kier molecular flexibility index (Phi) is 3.07. The fourth-order valence-electron chi connectivity index (χ4n) is 1.82. The molecule has 0 spiro atoms. The summed E-state index contributed by atoms with van der Waals surface area (Å²) in [7, 11) is 0. The smallest absolute Gasteiger partial charge is 0.0850 e. The van der Waals surface area contributed by atoms with E-state index in [1.165, 1.54) is 5.39 Å². The van der Waals surface area contributed by atoms with Gasteiger partial charge in [0.15, 0.2) is 0 Å². The SMILES string of the molecule is C=C[C@H](C)[C@H](O)c1ccc2ccccc2c1. The molecular weight excluding hydrogens is 196 g/mol. The van der Waals surface area contributed by atoms with Gasteiger partial charge in [0.1, 0.15) is 0 Å². The summed E-state index contributed by atoms with van der Waals surface area (Å²) in [6.07, 6.45) is 1.31. The molecule has 82 valence electrons. The van der Waals surface area contributed by atoms with Gasteiger partial charge in [0, 0.05) is 5.92 Å². The minimum atomic E-state index is -0.470. The Bertz CT molecular complexity index is 502. The standard InChI is InChI=1S/C15H16O/c1-3-11(2)15(16)14-9-8-12-6-4-5-7-13(12)10-14/h3-11,15-16H,1H2,2H3/t11-,15-/m0/s1. The summed E-state index contributed by atoms with van der Waals surface area (Å²) in [5.74, 6) is 0.0705. The van der Waals surface area contributed by atoms with E-state index >= 15 is 0 Å². The maximum atomic E-state index is 10.1. The van der Waals surface area contributed by atoms with Crippen molar-refractivity contribution in [2.75, 3.05) is 0 Å². The molecule has 0 heterocycles. The number of rotatable bonds is 3. The molecule has 1 nitrogen and oxygen atoms in total. The molecule has 0 radical (unpaired) electrons. The van der Waals surface area contributed by atoms with E-state index in [0.717, 1.165) is 10.9 Å². The van der Waals surface area contributed by atoms with Gasteiger partial charge in [-0.3, -0.25) is 0 Å². The normalized spacial score (nSPS) is 14.6. The van der Waals surface area contributed by atoms with Crippen LogP contribution in [-0.4, -0.2) is 5.11 Å². The molecule has 0 aromatic heterocycles. The highest BCUT2D eigenvalue weighted by Gasteiger charge is 2.13. The topological polar surface area (TPSA) is 20.2 Å². The average molecular weight is 212 g/mol. The van der Waals surface area contributed by atoms with E-state index in [0.29, 0.717) is 0 Å². The predicted molar refractivity (Wildman–Crippen MR) is 68.3 cm³/mol. The summed E-state index contributed by atoms with van der Waals surface area (Å²) >= 11 is 0. The highest BCUT2D eigenvalue weighted by molar-refractivity contribution is 5.83. The molecule has 0 bridgehead atoms. The van der Waals surface area contributed by atoms with E-state index < -0.39 is 6.10 Å². The molecule has 1 heteroatoms. The van der Waals surface area contributed by atoms with Crippen LogP contribution >= 0.6 is 0 Å². The maximum Gasteiger partial charge on any atom is 0.0850 e. The number of hydrogen-bond acceptors (Lipinski definition) is 1. The lowest BCUT2D eigenvalue weighted by molar-refractivity contribution is 0.140. The van der Waals surface area contributed by atoms with Crippen LogP contribution < -0.4 is 0 Å². The van der Waals surface area contributed by atoms with E-state index in [-0.39, 0.29) is 5.92 Å². The van der Waals surface area contributed by atoms with Gasteiger partial charge >= 0.3 is 0 Å². The van der Waals surface area contributed by atoms with Crippen LogP contribution in [0.3, 0.4) is 0 Å². The van der Waals surface area contributed by atoms with E-state index in [1.807, 2.05) is 37.3 Å². The van der Waals surface area contributed by atoms with Gasteiger partial charge < -0.3 is 5.11 Å². The Labute approximate surface area is 96.0 Å². The molecule has 0 aliphatic rings. The van der Waals surface area contributed by atoms with Crippen molar-refractivity contribution in [1.29, 1.82) is 0 Å². The highest BCUT2D eigenvalue weighted by Crippen LogP contribution is 2.25. The lowest BCUT2D eigenvalue weighted by Gasteiger charge is -2.16. The molecule has 0 aliphatic carbocycles. The fraction of sp³-hybridized carbons (Fsp3) is 0.200. The second-order valence-electron chi connectivity index (χ2n) is 4.15. The van der Waals surface area contributed by atoms with Crippen molar-refractivity contribution in [2.24, 2.45) is 5.92 Å². The van der Waals surface area contributed by atoms with Crippen LogP contribution in [0.5, 0.6) is 0 Å². The molecule has 2 rings (SSSR count). The summed E-state index contributed by atoms with van der Waals surface area (Å²) in [6.45, 7) is 5.67. The first-order valence-electron chi connectivity index (χ1n) is 5.51. The van der Waals surface area contributed by atoms with Crippen molar-refractivity contribution in [3.8, 4) is 0 Å². The number of aliphatic hydroxyl groups excluding tert-OH is 1. The Balaban J connectivity index is 2.42. The zero-order valence-electron chi connectivity index (χ0n) is 9.43. The van der Waals surface area contributed by atoms with Crippen LogP contribution in [0, 0.1) is 5.92 Å². The van der Waals surface area contributed by atoms with E-state index in [1.54, 1.807) is 6.08 Å². The molecule has 0 saturated heterocycles. The maximum absolute atomic E-state index is 10.1.